The standard InChI is InChI=1S/C13H19FN2O/c14-12-5-11(6-13(15)7-12)9-16-3-1-10(8-16)2-4-17/h5-7,10,17H,1-4,8-9,15H2. The summed E-state index contributed by atoms with van der Waals surface area (Å²) >= 11 is 0. The van der Waals surface area contributed by atoms with Crippen LogP contribution >= 0.6 is 0 Å². The molecule has 0 aromatic heterocycles. The highest BCUT2D eigenvalue weighted by Crippen LogP contribution is 2.22. The zero-order chi connectivity index (χ0) is 12.3. The molecule has 3 N–H and O–H groups in total. The first-order valence-corrected chi connectivity index (χ1v) is 6.05. The van der Waals surface area contributed by atoms with Gasteiger partial charge in [-0.3, -0.25) is 4.90 Å². The van der Waals surface area contributed by atoms with E-state index < -0.39 is 0 Å². The predicted molar refractivity (Wildman–Crippen MR) is 65.9 cm³/mol. The third-order valence-electron chi connectivity index (χ3n) is 3.29. The minimum absolute atomic E-state index is 0.255. The topological polar surface area (TPSA) is 49.5 Å². The minimum Gasteiger partial charge on any atom is -0.399 e. The monoisotopic (exact) mass is 238 g/mol. The van der Waals surface area contributed by atoms with Crippen LogP contribution in [0.5, 0.6) is 0 Å². The summed E-state index contributed by atoms with van der Waals surface area (Å²) in [6.45, 7) is 2.99. The zero-order valence-corrected chi connectivity index (χ0v) is 9.90. The average Bonchev–Trinajstić information content (AvgIpc) is 2.64. The molecule has 1 saturated heterocycles. The number of hydrogen-bond donors (Lipinski definition) is 2. The summed E-state index contributed by atoms with van der Waals surface area (Å²) < 4.78 is 13.2. The highest BCUT2D eigenvalue weighted by molar-refractivity contribution is 5.41. The molecule has 4 heteroatoms. The van der Waals surface area contributed by atoms with Crippen molar-refractivity contribution in [1.82, 2.24) is 4.90 Å². The predicted octanol–water partition coefficient (Wildman–Crippen LogP) is 1.61. The number of nitrogen functional groups attached to an aromatic ring is 1. The average molecular weight is 238 g/mol. The molecule has 1 aliphatic heterocycles. The number of aliphatic hydroxyl groups is 1. The normalized spacial score (nSPS) is 20.9. The van der Waals surface area contributed by atoms with Crippen LogP contribution in [0.1, 0.15) is 18.4 Å². The number of aliphatic hydroxyl groups excluding tert-OH is 1. The lowest BCUT2D eigenvalue weighted by atomic mass is 10.1. The molecule has 17 heavy (non-hydrogen) atoms. The van der Waals surface area contributed by atoms with Crippen molar-refractivity contribution in [2.75, 3.05) is 25.4 Å². The van der Waals surface area contributed by atoms with Gasteiger partial charge in [-0.2, -0.15) is 0 Å². The Hall–Kier alpha value is -1.13. The highest BCUT2D eigenvalue weighted by atomic mass is 19.1. The third-order valence-corrected chi connectivity index (χ3v) is 3.29. The van der Waals surface area contributed by atoms with Gasteiger partial charge in [-0.1, -0.05) is 0 Å². The van der Waals surface area contributed by atoms with E-state index in [1.807, 2.05) is 6.07 Å². The van der Waals surface area contributed by atoms with Crippen molar-refractivity contribution in [1.29, 1.82) is 0 Å². The summed E-state index contributed by atoms with van der Waals surface area (Å²) in [5, 5.41) is 8.89. The van der Waals surface area contributed by atoms with Crippen LogP contribution in [-0.2, 0) is 6.54 Å². The second-order valence-electron chi connectivity index (χ2n) is 4.79. The zero-order valence-electron chi connectivity index (χ0n) is 9.90. The molecule has 0 aliphatic carbocycles. The number of rotatable bonds is 4. The molecular weight excluding hydrogens is 219 g/mol. The van der Waals surface area contributed by atoms with Gasteiger partial charge in [0.15, 0.2) is 0 Å². The molecule has 94 valence electrons. The van der Waals surface area contributed by atoms with Gasteiger partial charge < -0.3 is 10.8 Å². The van der Waals surface area contributed by atoms with Gasteiger partial charge in [-0.15, -0.1) is 0 Å². The van der Waals surface area contributed by atoms with Gasteiger partial charge in [0.05, 0.1) is 0 Å². The van der Waals surface area contributed by atoms with E-state index in [1.165, 1.54) is 12.1 Å². The fraction of sp³-hybridized carbons (Fsp3) is 0.538. The molecule has 1 unspecified atom stereocenters. The molecule has 0 saturated carbocycles. The minimum atomic E-state index is -0.272. The fourth-order valence-corrected chi connectivity index (χ4v) is 2.50. The first-order chi connectivity index (χ1) is 8.17. The Bertz CT molecular complexity index is 363. The molecule has 0 amide bonds. The lowest BCUT2D eigenvalue weighted by Crippen LogP contribution is -2.20. The van der Waals surface area contributed by atoms with E-state index in [9.17, 15) is 4.39 Å². The van der Waals surface area contributed by atoms with E-state index in [2.05, 4.69) is 4.90 Å². The van der Waals surface area contributed by atoms with E-state index in [0.29, 0.717) is 11.6 Å². The van der Waals surface area contributed by atoms with E-state index in [0.717, 1.165) is 38.0 Å². The summed E-state index contributed by atoms with van der Waals surface area (Å²) in [4.78, 5) is 2.29. The van der Waals surface area contributed by atoms with Gasteiger partial charge in [0, 0.05) is 25.4 Å². The van der Waals surface area contributed by atoms with Crippen LogP contribution in [0.25, 0.3) is 0 Å². The van der Waals surface area contributed by atoms with Gasteiger partial charge in [0.2, 0.25) is 0 Å². The van der Waals surface area contributed by atoms with E-state index >= 15 is 0 Å². The number of nitrogens with zero attached hydrogens (tertiary/aromatic N) is 1. The Morgan fingerprint density at radius 1 is 1.41 bits per heavy atom. The summed E-state index contributed by atoms with van der Waals surface area (Å²) in [7, 11) is 0. The Balaban J connectivity index is 1.93. The quantitative estimate of drug-likeness (QED) is 0.784. The summed E-state index contributed by atoms with van der Waals surface area (Å²) in [6.07, 6.45) is 1.98. The largest absolute Gasteiger partial charge is 0.399 e. The summed E-state index contributed by atoms with van der Waals surface area (Å²) in [5.41, 5.74) is 7.02. The molecule has 0 spiro atoms. The lowest BCUT2D eigenvalue weighted by molar-refractivity contribution is 0.249. The molecule has 0 radical (unpaired) electrons. The van der Waals surface area contributed by atoms with Crippen LogP contribution in [0, 0.1) is 11.7 Å². The summed E-state index contributed by atoms with van der Waals surface area (Å²) in [6, 6.07) is 4.69. The number of halogens is 1. The van der Waals surface area contributed by atoms with Crippen molar-refractivity contribution >= 4 is 5.69 Å². The van der Waals surface area contributed by atoms with Crippen molar-refractivity contribution in [3.8, 4) is 0 Å². The van der Waals surface area contributed by atoms with Gasteiger partial charge in [0.25, 0.3) is 0 Å². The number of anilines is 1. The smallest absolute Gasteiger partial charge is 0.125 e. The molecule has 1 fully saturated rings. The second kappa shape index (κ2) is 5.47. The van der Waals surface area contributed by atoms with E-state index in [-0.39, 0.29) is 12.4 Å². The molecule has 3 nitrogen and oxygen atoms in total. The maximum Gasteiger partial charge on any atom is 0.125 e. The van der Waals surface area contributed by atoms with Crippen LogP contribution in [0.15, 0.2) is 18.2 Å². The Labute approximate surface area is 101 Å². The van der Waals surface area contributed by atoms with Crippen molar-refractivity contribution in [2.45, 2.75) is 19.4 Å². The number of nitrogens with two attached hydrogens (primary N) is 1. The lowest BCUT2D eigenvalue weighted by Gasteiger charge is -2.16. The first-order valence-electron chi connectivity index (χ1n) is 6.05. The summed E-state index contributed by atoms with van der Waals surface area (Å²) in [5.74, 6) is 0.303. The molecule has 0 bridgehead atoms. The van der Waals surface area contributed by atoms with E-state index in [4.69, 9.17) is 10.8 Å². The fourth-order valence-electron chi connectivity index (χ4n) is 2.50. The highest BCUT2D eigenvalue weighted by Gasteiger charge is 2.21. The van der Waals surface area contributed by atoms with Crippen LogP contribution in [0.2, 0.25) is 0 Å². The number of benzene rings is 1. The van der Waals surface area contributed by atoms with Gasteiger partial charge in [-0.25, -0.2) is 4.39 Å². The molecular formula is C13H19FN2O. The van der Waals surface area contributed by atoms with Gasteiger partial charge >= 0.3 is 0 Å². The molecule has 1 aliphatic rings. The van der Waals surface area contributed by atoms with Crippen LogP contribution in [0.3, 0.4) is 0 Å². The maximum absolute atomic E-state index is 13.2. The first kappa shape index (κ1) is 12.3. The number of likely N-dealkylation sites (tertiary alicyclic amines) is 1. The number of hydrogen-bond acceptors (Lipinski definition) is 3. The van der Waals surface area contributed by atoms with Crippen molar-refractivity contribution in [2.24, 2.45) is 5.92 Å². The Morgan fingerprint density at radius 2 is 2.24 bits per heavy atom. The van der Waals surface area contributed by atoms with Crippen molar-refractivity contribution in [3.05, 3.63) is 29.6 Å². The second-order valence-corrected chi connectivity index (χ2v) is 4.79. The maximum atomic E-state index is 13.2. The molecule has 1 aromatic carbocycles. The molecule has 1 atom stereocenters. The molecule has 1 heterocycles. The van der Waals surface area contributed by atoms with Gasteiger partial charge in [-0.05, 0) is 49.1 Å². The van der Waals surface area contributed by atoms with Crippen LogP contribution in [-0.4, -0.2) is 29.7 Å². The van der Waals surface area contributed by atoms with Crippen molar-refractivity contribution < 1.29 is 9.50 Å². The SMILES string of the molecule is Nc1cc(F)cc(CN2CCC(CCO)C2)c1. The van der Waals surface area contributed by atoms with Crippen LogP contribution < -0.4 is 5.73 Å². The Kier molecular flexibility index (Phi) is 3.97. The van der Waals surface area contributed by atoms with Gasteiger partial charge in [0.1, 0.15) is 5.82 Å². The van der Waals surface area contributed by atoms with Crippen molar-refractivity contribution in [3.63, 3.8) is 0 Å². The van der Waals surface area contributed by atoms with E-state index in [1.54, 1.807) is 0 Å². The van der Waals surface area contributed by atoms with Crippen LogP contribution in [0.4, 0.5) is 10.1 Å². The molecule has 2 rings (SSSR count). The Morgan fingerprint density at radius 3 is 2.94 bits per heavy atom. The molecule has 1 aromatic rings. The third kappa shape index (κ3) is 3.41.